The van der Waals surface area contributed by atoms with Gasteiger partial charge in [-0.05, 0) is 30.5 Å². The molecule has 0 saturated heterocycles. The van der Waals surface area contributed by atoms with E-state index in [1.165, 1.54) is 0 Å². The fourth-order valence-electron chi connectivity index (χ4n) is 3.97. The highest BCUT2D eigenvalue weighted by atomic mass is 16.4. The van der Waals surface area contributed by atoms with Gasteiger partial charge in [-0.2, -0.15) is 5.26 Å². The molecule has 0 fully saturated rings. The molecule has 0 unspecified atom stereocenters. The van der Waals surface area contributed by atoms with Crippen molar-refractivity contribution in [3.8, 4) is 28.5 Å². The van der Waals surface area contributed by atoms with Crippen LogP contribution in [0.3, 0.4) is 0 Å². The molecule has 0 radical (unpaired) electrons. The van der Waals surface area contributed by atoms with Crippen LogP contribution in [0.15, 0.2) is 95.4 Å². The van der Waals surface area contributed by atoms with Gasteiger partial charge in [0.25, 0.3) is 5.91 Å². The van der Waals surface area contributed by atoms with Gasteiger partial charge in [-0.25, -0.2) is 0 Å². The zero-order valence-electron chi connectivity index (χ0n) is 19.9. The first kappa shape index (κ1) is 24.5. The Morgan fingerprint density at radius 3 is 2.03 bits per heavy atom. The summed E-state index contributed by atoms with van der Waals surface area (Å²) in [6.45, 7) is 0.549. The van der Waals surface area contributed by atoms with Gasteiger partial charge in [0.15, 0.2) is 0 Å². The standard InChI is InChI=1S/C30H27N3O3/c31-21-25-27(22-13-5-1-6-14-22)28(23-15-7-2-8-16-23)36-30(25)33-26(34)19-11-4-12-20-32-29(35)24-17-9-3-10-18-24/h1-3,5-10,13-18H,4,11-12,19-20H2,(H,32,35)(H,33,34). The molecule has 0 atom stereocenters. The second kappa shape index (κ2) is 12.2. The summed E-state index contributed by atoms with van der Waals surface area (Å²) in [6.07, 6.45) is 2.51. The normalized spacial score (nSPS) is 10.4. The van der Waals surface area contributed by atoms with E-state index in [0.717, 1.165) is 24.0 Å². The number of benzene rings is 3. The maximum Gasteiger partial charge on any atom is 0.251 e. The van der Waals surface area contributed by atoms with E-state index in [2.05, 4.69) is 16.7 Å². The van der Waals surface area contributed by atoms with Crippen LogP contribution in [-0.2, 0) is 4.79 Å². The molecule has 2 N–H and O–H groups in total. The lowest BCUT2D eigenvalue weighted by Gasteiger charge is -2.05. The molecule has 1 heterocycles. The van der Waals surface area contributed by atoms with Crippen LogP contribution in [0.4, 0.5) is 5.88 Å². The molecule has 0 saturated carbocycles. The smallest absolute Gasteiger partial charge is 0.251 e. The molecule has 4 rings (SSSR count). The first-order valence-corrected chi connectivity index (χ1v) is 12.0. The monoisotopic (exact) mass is 477 g/mol. The van der Waals surface area contributed by atoms with E-state index < -0.39 is 0 Å². The van der Waals surface area contributed by atoms with E-state index in [-0.39, 0.29) is 17.7 Å². The summed E-state index contributed by atoms with van der Waals surface area (Å²) in [5.74, 6) is 0.393. The van der Waals surface area contributed by atoms with Crippen LogP contribution >= 0.6 is 0 Å². The number of carbonyl (C=O) groups is 2. The van der Waals surface area contributed by atoms with Crippen LogP contribution < -0.4 is 10.6 Å². The van der Waals surface area contributed by atoms with Crippen molar-refractivity contribution in [1.82, 2.24) is 5.32 Å². The van der Waals surface area contributed by atoms with Crippen molar-refractivity contribution in [2.24, 2.45) is 0 Å². The van der Waals surface area contributed by atoms with Crippen molar-refractivity contribution in [1.29, 1.82) is 5.26 Å². The number of furan rings is 1. The Balaban J connectivity index is 1.36. The van der Waals surface area contributed by atoms with Gasteiger partial charge in [0, 0.05) is 29.7 Å². The van der Waals surface area contributed by atoms with E-state index in [9.17, 15) is 14.9 Å². The number of hydrogen-bond acceptors (Lipinski definition) is 4. The third-order valence-corrected chi connectivity index (χ3v) is 5.77. The zero-order chi connectivity index (χ0) is 25.2. The number of amides is 2. The summed E-state index contributed by atoms with van der Waals surface area (Å²) in [4.78, 5) is 24.7. The molecule has 4 aromatic rings. The minimum atomic E-state index is -0.215. The average Bonchev–Trinajstić information content (AvgIpc) is 3.29. The fraction of sp³-hybridized carbons (Fsp3) is 0.167. The van der Waals surface area contributed by atoms with Crippen LogP contribution in [-0.4, -0.2) is 18.4 Å². The highest BCUT2D eigenvalue weighted by Crippen LogP contribution is 2.41. The average molecular weight is 478 g/mol. The molecule has 0 bridgehead atoms. The van der Waals surface area contributed by atoms with Crippen molar-refractivity contribution in [2.75, 3.05) is 11.9 Å². The van der Waals surface area contributed by atoms with E-state index in [4.69, 9.17) is 4.42 Å². The number of unbranched alkanes of at least 4 members (excludes halogenated alkanes) is 2. The number of carbonyl (C=O) groups excluding carboxylic acids is 2. The molecule has 180 valence electrons. The molecular weight excluding hydrogens is 450 g/mol. The highest BCUT2D eigenvalue weighted by molar-refractivity contribution is 5.96. The van der Waals surface area contributed by atoms with Crippen molar-refractivity contribution in [3.63, 3.8) is 0 Å². The molecular formula is C30H27N3O3. The molecule has 0 spiro atoms. The minimum Gasteiger partial charge on any atom is -0.438 e. The first-order chi connectivity index (χ1) is 17.7. The third-order valence-electron chi connectivity index (χ3n) is 5.77. The predicted molar refractivity (Wildman–Crippen MR) is 140 cm³/mol. The lowest BCUT2D eigenvalue weighted by atomic mass is 9.98. The van der Waals surface area contributed by atoms with Crippen LogP contribution in [0.2, 0.25) is 0 Å². The maximum absolute atomic E-state index is 12.6. The van der Waals surface area contributed by atoms with E-state index in [1.54, 1.807) is 12.1 Å². The summed E-state index contributed by atoms with van der Waals surface area (Å²) in [5, 5.41) is 15.6. The van der Waals surface area contributed by atoms with E-state index in [1.807, 2.05) is 78.9 Å². The van der Waals surface area contributed by atoms with Gasteiger partial charge in [-0.1, -0.05) is 85.3 Å². The Bertz CT molecular complexity index is 1340. The highest BCUT2D eigenvalue weighted by Gasteiger charge is 2.24. The number of nitrogens with one attached hydrogen (secondary N) is 2. The Morgan fingerprint density at radius 1 is 0.778 bits per heavy atom. The molecule has 3 aromatic carbocycles. The minimum absolute atomic E-state index is 0.0985. The Hall–Kier alpha value is -4.63. The topological polar surface area (TPSA) is 95.1 Å². The number of hydrogen-bond donors (Lipinski definition) is 2. The SMILES string of the molecule is N#Cc1c(NC(=O)CCCCCNC(=O)c2ccccc2)oc(-c2ccccc2)c1-c1ccccc1. The van der Waals surface area contributed by atoms with E-state index >= 15 is 0 Å². The van der Waals surface area contributed by atoms with Gasteiger partial charge < -0.3 is 9.73 Å². The number of nitrogens with zero attached hydrogens (tertiary/aromatic N) is 1. The summed E-state index contributed by atoms with van der Waals surface area (Å²) in [5.41, 5.74) is 3.26. The van der Waals surface area contributed by atoms with Crippen LogP contribution in [0, 0.1) is 11.3 Å². The van der Waals surface area contributed by atoms with Gasteiger partial charge in [0.2, 0.25) is 11.8 Å². The number of rotatable bonds is 10. The fourth-order valence-corrected chi connectivity index (χ4v) is 3.97. The molecule has 1 aromatic heterocycles. The van der Waals surface area contributed by atoms with Gasteiger partial charge in [0.05, 0.1) is 0 Å². The molecule has 6 nitrogen and oxygen atoms in total. The van der Waals surface area contributed by atoms with Gasteiger partial charge in [-0.15, -0.1) is 0 Å². The first-order valence-electron chi connectivity index (χ1n) is 12.0. The molecule has 2 amide bonds. The predicted octanol–water partition coefficient (Wildman–Crippen LogP) is 6.41. The molecule has 0 aliphatic carbocycles. The molecule has 0 aliphatic rings. The van der Waals surface area contributed by atoms with Crippen LogP contribution in [0.1, 0.15) is 41.6 Å². The van der Waals surface area contributed by atoms with E-state index in [0.29, 0.717) is 41.8 Å². The van der Waals surface area contributed by atoms with Crippen LogP contribution in [0.25, 0.3) is 22.5 Å². The summed E-state index contributed by atoms with van der Waals surface area (Å²) in [7, 11) is 0. The summed E-state index contributed by atoms with van der Waals surface area (Å²) in [6, 6.07) is 30.4. The second-order valence-corrected chi connectivity index (χ2v) is 8.33. The Labute approximate surface area is 210 Å². The third kappa shape index (κ3) is 6.08. The Morgan fingerprint density at radius 2 is 1.39 bits per heavy atom. The molecule has 36 heavy (non-hydrogen) atoms. The largest absolute Gasteiger partial charge is 0.438 e. The van der Waals surface area contributed by atoms with Crippen molar-refractivity contribution >= 4 is 17.7 Å². The summed E-state index contributed by atoms with van der Waals surface area (Å²) < 4.78 is 6.06. The molecule has 6 heteroatoms. The maximum atomic E-state index is 12.6. The lowest BCUT2D eigenvalue weighted by Crippen LogP contribution is -2.24. The number of anilines is 1. The summed E-state index contributed by atoms with van der Waals surface area (Å²) >= 11 is 0. The van der Waals surface area contributed by atoms with Gasteiger partial charge in [-0.3, -0.25) is 14.9 Å². The number of nitriles is 1. The second-order valence-electron chi connectivity index (χ2n) is 8.33. The molecule has 0 aliphatic heterocycles. The lowest BCUT2D eigenvalue weighted by molar-refractivity contribution is -0.116. The van der Waals surface area contributed by atoms with Gasteiger partial charge >= 0.3 is 0 Å². The van der Waals surface area contributed by atoms with Crippen molar-refractivity contribution < 1.29 is 14.0 Å². The van der Waals surface area contributed by atoms with Crippen molar-refractivity contribution in [2.45, 2.75) is 25.7 Å². The van der Waals surface area contributed by atoms with Crippen molar-refractivity contribution in [3.05, 3.63) is 102 Å². The Kier molecular flexibility index (Phi) is 8.29. The quantitative estimate of drug-likeness (QED) is 0.258. The van der Waals surface area contributed by atoms with Gasteiger partial charge in [0.1, 0.15) is 17.4 Å². The zero-order valence-corrected chi connectivity index (χ0v) is 19.9. The van der Waals surface area contributed by atoms with Crippen LogP contribution in [0.5, 0.6) is 0 Å².